The summed E-state index contributed by atoms with van der Waals surface area (Å²) in [6, 6.07) is 5.40. The molecule has 0 atom stereocenters. The molecule has 2 amide bonds. The molecule has 3 N–H and O–H groups in total. The minimum absolute atomic E-state index is 0.0984. The molecule has 0 unspecified atom stereocenters. The summed E-state index contributed by atoms with van der Waals surface area (Å²) in [5, 5.41) is 9.06. The van der Waals surface area contributed by atoms with E-state index in [1.54, 1.807) is 33.7 Å². The zero-order valence-electron chi connectivity index (χ0n) is 14.1. The first-order valence-electron chi connectivity index (χ1n) is 8.46. The van der Waals surface area contributed by atoms with Crippen LogP contribution in [0.25, 0.3) is 5.65 Å². The number of carbonyl (C=O) groups excluding carboxylic acids is 2. The van der Waals surface area contributed by atoms with Crippen LogP contribution in [0.2, 0.25) is 0 Å². The van der Waals surface area contributed by atoms with Crippen LogP contribution in [0.3, 0.4) is 0 Å². The molecule has 1 aliphatic heterocycles. The highest BCUT2D eigenvalue weighted by Crippen LogP contribution is 2.13. The summed E-state index contributed by atoms with van der Waals surface area (Å²) in [7, 11) is 0. The molecule has 3 rings (SSSR count). The number of primary amides is 1. The Balaban J connectivity index is 1.79. The second-order valence-corrected chi connectivity index (χ2v) is 6.23. The Labute approximate surface area is 145 Å². The Morgan fingerprint density at radius 1 is 1.20 bits per heavy atom. The van der Waals surface area contributed by atoms with Crippen LogP contribution in [-0.4, -0.2) is 75.4 Å². The first-order valence-corrected chi connectivity index (χ1v) is 8.46. The zero-order valence-corrected chi connectivity index (χ0v) is 14.1. The highest BCUT2D eigenvalue weighted by atomic mass is 16.3. The largest absolute Gasteiger partial charge is 0.395 e. The lowest BCUT2D eigenvalue weighted by molar-refractivity contribution is -0.117. The fraction of sp³-hybridized carbons (Fsp3) is 0.471. The smallest absolute Gasteiger partial charge is 0.274 e. The molecule has 0 radical (unpaired) electrons. The van der Waals surface area contributed by atoms with E-state index in [4.69, 9.17) is 10.8 Å². The van der Waals surface area contributed by atoms with Gasteiger partial charge in [-0.3, -0.25) is 14.5 Å². The average Bonchev–Trinajstić information content (AvgIpc) is 2.88. The number of aliphatic hydroxyl groups is 1. The Kier molecular flexibility index (Phi) is 5.30. The maximum Gasteiger partial charge on any atom is 0.274 e. The van der Waals surface area contributed by atoms with Gasteiger partial charge in [-0.2, -0.15) is 0 Å². The lowest BCUT2D eigenvalue weighted by Crippen LogP contribution is -2.36. The second kappa shape index (κ2) is 7.62. The van der Waals surface area contributed by atoms with Gasteiger partial charge >= 0.3 is 0 Å². The summed E-state index contributed by atoms with van der Waals surface area (Å²) in [6.45, 7) is 3.66. The highest BCUT2D eigenvalue weighted by Gasteiger charge is 2.22. The van der Waals surface area contributed by atoms with Crippen LogP contribution >= 0.6 is 0 Å². The van der Waals surface area contributed by atoms with E-state index in [2.05, 4.69) is 9.88 Å². The fourth-order valence-electron chi connectivity index (χ4n) is 3.19. The lowest BCUT2D eigenvalue weighted by atomic mass is 10.2. The minimum atomic E-state index is -0.425. The summed E-state index contributed by atoms with van der Waals surface area (Å²) in [5.41, 5.74) is 6.99. The van der Waals surface area contributed by atoms with E-state index in [1.165, 1.54) is 0 Å². The van der Waals surface area contributed by atoms with Crippen molar-refractivity contribution in [1.82, 2.24) is 19.2 Å². The number of hydrogen-bond donors (Lipinski definition) is 2. The molecule has 1 aliphatic rings. The second-order valence-electron chi connectivity index (χ2n) is 6.23. The molecule has 3 heterocycles. The molecular formula is C17H23N5O3. The number of nitrogens with two attached hydrogens (primary N) is 1. The van der Waals surface area contributed by atoms with Gasteiger partial charge in [0.1, 0.15) is 11.3 Å². The van der Waals surface area contributed by atoms with Gasteiger partial charge in [-0.05, 0) is 25.1 Å². The first-order chi connectivity index (χ1) is 12.1. The van der Waals surface area contributed by atoms with Crippen molar-refractivity contribution in [2.75, 3.05) is 39.3 Å². The van der Waals surface area contributed by atoms with Crippen molar-refractivity contribution in [1.29, 1.82) is 0 Å². The number of hydrogen-bond acceptors (Lipinski definition) is 5. The minimum Gasteiger partial charge on any atom is -0.395 e. The third kappa shape index (κ3) is 3.97. The number of amides is 2. The number of aliphatic hydroxyl groups excluding tert-OH is 1. The van der Waals surface area contributed by atoms with E-state index in [-0.39, 0.29) is 18.9 Å². The van der Waals surface area contributed by atoms with Gasteiger partial charge in [-0.1, -0.05) is 6.07 Å². The van der Waals surface area contributed by atoms with Gasteiger partial charge in [0, 0.05) is 38.1 Å². The van der Waals surface area contributed by atoms with Crippen molar-refractivity contribution in [2.45, 2.75) is 12.8 Å². The van der Waals surface area contributed by atoms with Crippen molar-refractivity contribution >= 4 is 17.5 Å². The average molecular weight is 345 g/mol. The fourth-order valence-corrected chi connectivity index (χ4v) is 3.19. The molecule has 8 nitrogen and oxygen atoms in total. The molecule has 0 spiro atoms. The predicted octanol–water partition coefficient (Wildman–Crippen LogP) is -0.498. The van der Waals surface area contributed by atoms with Crippen LogP contribution in [0.4, 0.5) is 0 Å². The van der Waals surface area contributed by atoms with Crippen molar-refractivity contribution in [3.8, 4) is 0 Å². The SMILES string of the molecule is NC(=O)Cc1cccc2nc(C(=O)N3CCCN(CCO)CC3)cn12. The van der Waals surface area contributed by atoms with Crippen molar-refractivity contribution < 1.29 is 14.7 Å². The van der Waals surface area contributed by atoms with Gasteiger partial charge in [0.05, 0.1) is 13.0 Å². The third-order valence-corrected chi connectivity index (χ3v) is 4.44. The van der Waals surface area contributed by atoms with Gasteiger partial charge in [-0.15, -0.1) is 0 Å². The number of β-amino-alcohol motifs (C(OH)–C–C–N with tert-alkyl or cyclic N) is 1. The topological polar surface area (TPSA) is 104 Å². The maximum atomic E-state index is 12.8. The van der Waals surface area contributed by atoms with E-state index < -0.39 is 5.91 Å². The number of rotatable bonds is 5. The summed E-state index contributed by atoms with van der Waals surface area (Å²) in [5.74, 6) is -0.537. The summed E-state index contributed by atoms with van der Waals surface area (Å²) >= 11 is 0. The van der Waals surface area contributed by atoms with Gasteiger partial charge in [-0.25, -0.2) is 4.98 Å². The van der Waals surface area contributed by atoms with Crippen molar-refractivity contribution in [3.05, 3.63) is 35.8 Å². The monoisotopic (exact) mass is 345 g/mol. The van der Waals surface area contributed by atoms with Gasteiger partial charge in [0.15, 0.2) is 0 Å². The first kappa shape index (κ1) is 17.4. The van der Waals surface area contributed by atoms with E-state index in [0.717, 1.165) is 19.5 Å². The molecular weight excluding hydrogens is 322 g/mol. The number of carbonyl (C=O) groups is 2. The van der Waals surface area contributed by atoms with E-state index in [9.17, 15) is 9.59 Å². The Morgan fingerprint density at radius 2 is 2.04 bits per heavy atom. The van der Waals surface area contributed by atoms with Crippen LogP contribution in [0, 0.1) is 0 Å². The van der Waals surface area contributed by atoms with Crippen LogP contribution in [0.15, 0.2) is 24.4 Å². The molecule has 2 aromatic rings. The van der Waals surface area contributed by atoms with E-state index >= 15 is 0 Å². The Bertz CT molecular complexity index is 773. The molecule has 1 fully saturated rings. The van der Waals surface area contributed by atoms with Crippen LogP contribution in [-0.2, 0) is 11.2 Å². The maximum absolute atomic E-state index is 12.8. The number of fused-ring (bicyclic) bond motifs is 1. The summed E-state index contributed by atoms with van der Waals surface area (Å²) in [6.07, 6.45) is 2.64. The van der Waals surface area contributed by atoms with Crippen LogP contribution in [0.5, 0.6) is 0 Å². The molecule has 8 heteroatoms. The number of nitrogens with zero attached hydrogens (tertiary/aromatic N) is 4. The molecule has 0 bridgehead atoms. The van der Waals surface area contributed by atoms with Crippen LogP contribution in [0.1, 0.15) is 22.6 Å². The normalized spacial score (nSPS) is 16.1. The zero-order chi connectivity index (χ0) is 17.8. The van der Waals surface area contributed by atoms with Crippen LogP contribution < -0.4 is 5.73 Å². The molecule has 0 aromatic carbocycles. The van der Waals surface area contributed by atoms with Gasteiger partial charge < -0.3 is 20.1 Å². The Hall–Kier alpha value is -2.45. The quantitative estimate of drug-likeness (QED) is 0.760. The van der Waals surface area contributed by atoms with E-state index in [0.29, 0.717) is 36.7 Å². The predicted molar refractivity (Wildman–Crippen MR) is 92.1 cm³/mol. The third-order valence-electron chi connectivity index (χ3n) is 4.44. The number of aromatic nitrogens is 2. The summed E-state index contributed by atoms with van der Waals surface area (Å²) in [4.78, 5) is 32.4. The van der Waals surface area contributed by atoms with Gasteiger partial charge in [0.25, 0.3) is 5.91 Å². The molecule has 0 aliphatic carbocycles. The van der Waals surface area contributed by atoms with E-state index in [1.807, 2.05) is 0 Å². The standard InChI is InChI=1S/C17H23N5O3/c18-15(24)11-13-3-1-4-16-19-14(12-22(13)16)17(25)21-6-2-5-20(7-8-21)9-10-23/h1,3-4,12,23H,2,5-11H2,(H2,18,24). The Morgan fingerprint density at radius 3 is 2.80 bits per heavy atom. The lowest BCUT2D eigenvalue weighted by Gasteiger charge is -2.20. The molecule has 1 saturated heterocycles. The highest BCUT2D eigenvalue weighted by molar-refractivity contribution is 5.93. The summed E-state index contributed by atoms with van der Waals surface area (Å²) < 4.78 is 1.74. The molecule has 2 aromatic heterocycles. The van der Waals surface area contributed by atoms with Crippen molar-refractivity contribution in [2.24, 2.45) is 5.73 Å². The molecule has 0 saturated carbocycles. The van der Waals surface area contributed by atoms with Gasteiger partial charge in [0.2, 0.25) is 5.91 Å². The van der Waals surface area contributed by atoms with Crippen molar-refractivity contribution in [3.63, 3.8) is 0 Å². The number of imidazole rings is 1. The number of pyridine rings is 1. The molecule has 134 valence electrons. The molecule has 25 heavy (non-hydrogen) atoms.